The molecule has 1 aliphatic rings. The van der Waals surface area contributed by atoms with Gasteiger partial charge >= 0.3 is 0 Å². The largest absolute Gasteiger partial charge is 0.358 e. The summed E-state index contributed by atoms with van der Waals surface area (Å²) >= 11 is 0. The van der Waals surface area contributed by atoms with E-state index >= 15 is 0 Å². The second-order valence-electron chi connectivity index (χ2n) is 7.62. The lowest BCUT2D eigenvalue weighted by Gasteiger charge is -2.41. The summed E-state index contributed by atoms with van der Waals surface area (Å²) in [5, 5.41) is 2.79. The molecule has 0 aliphatic carbocycles. The molecular weight excluding hydrogens is 374 g/mol. The number of aromatic nitrogens is 1. The van der Waals surface area contributed by atoms with Gasteiger partial charge in [0.1, 0.15) is 5.41 Å². The highest BCUT2D eigenvalue weighted by Crippen LogP contribution is 2.35. The van der Waals surface area contributed by atoms with Crippen LogP contribution in [0.2, 0.25) is 0 Å². The Balaban J connectivity index is 1.70. The van der Waals surface area contributed by atoms with Crippen LogP contribution in [0.3, 0.4) is 0 Å². The SMILES string of the molecule is CNC(=O)[C@@]1(c2ccccn2)CCCN(C(=O)c2ccccc2-c2ccccc2)C1. The van der Waals surface area contributed by atoms with Gasteiger partial charge in [-0.15, -0.1) is 0 Å². The minimum Gasteiger partial charge on any atom is -0.358 e. The molecule has 2 aromatic carbocycles. The summed E-state index contributed by atoms with van der Waals surface area (Å²) in [4.78, 5) is 32.9. The molecule has 2 amide bonds. The lowest BCUT2D eigenvalue weighted by atomic mass is 9.75. The zero-order valence-corrected chi connectivity index (χ0v) is 17.0. The maximum absolute atomic E-state index is 13.6. The molecule has 4 rings (SSSR count). The highest BCUT2D eigenvalue weighted by atomic mass is 16.2. The average molecular weight is 399 g/mol. The number of rotatable bonds is 4. The van der Waals surface area contributed by atoms with Crippen molar-refractivity contribution < 1.29 is 9.59 Å². The molecular formula is C25H25N3O2. The fourth-order valence-corrected chi connectivity index (χ4v) is 4.33. The van der Waals surface area contributed by atoms with Gasteiger partial charge in [-0.25, -0.2) is 0 Å². The Morgan fingerprint density at radius 1 is 0.967 bits per heavy atom. The van der Waals surface area contributed by atoms with E-state index in [2.05, 4.69) is 10.3 Å². The monoisotopic (exact) mass is 399 g/mol. The molecule has 1 aliphatic heterocycles. The van der Waals surface area contributed by atoms with Crippen LogP contribution in [-0.4, -0.2) is 41.8 Å². The molecule has 0 unspecified atom stereocenters. The Bertz CT molecular complexity index is 1040. The van der Waals surface area contributed by atoms with Crippen LogP contribution >= 0.6 is 0 Å². The van der Waals surface area contributed by atoms with Crippen LogP contribution in [0, 0.1) is 0 Å². The summed E-state index contributed by atoms with van der Waals surface area (Å²) < 4.78 is 0. The molecule has 3 aromatic rings. The molecule has 1 atom stereocenters. The van der Waals surface area contributed by atoms with E-state index in [0.29, 0.717) is 30.8 Å². The Morgan fingerprint density at radius 2 is 1.70 bits per heavy atom. The van der Waals surface area contributed by atoms with Crippen molar-refractivity contribution in [1.29, 1.82) is 0 Å². The number of pyridine rings is 1. The van der Waals surface area contributed by atoms with Gasteiger partial charge in [0.15, 0.2) is 0 Å². The van der Waals surface area contributed by atoms with E-state index in [1.165, 1.54) is 0 Å². The number of hydrogen-bond acceptors (Lipinski definition) is 3. The number of carbonyl (C=O) groups is 2. The van der Waals surface area contributed by atoms with Gasteiger partial charge in [0.2, 0.25) is 5.91 Å². The van der Waals surface area contributed by atoms with Gasteiger partial charge in [-0.3, -0.25) is 14.6 Å². The van der Waals surface area contributed by atoms with E-state index in [4.69, 9.17) is 0 Å². The number of piperidine rings is 1. The summed E-state index contributed by atoms with van der Waals surface area (Å²) in [5.41, 5.74) is 2.42. The predicted octanol–water partition coefficient (Wildman–Crippen LogP) is 3.67. The first-order valence-electron chi connectivity index (χ1n) is 10.2. The van der Waals surface area contributed by atoms with Crippen LogP contribution in [-0.2, 0) is 10.2 Å². The molecule has 0 radical (unpaired) electrons. The van der Waals surface area contributed by atoms with Gasteiger partial charge in [0.25, 0.3) is 5.91 Å². The summed E-state index contributed by atoms with van der Waals surface area (Å²) in [5.74, 6) is -0.159. The number of hydrogen-bond donors (Lipinski definition) is 1. The second-order valence-corrected chi connectivity index (χ2v) is 7.62. The second kappa shape index (κ2) is 8.49. The van der Waals surface area contributed by atoms with Crippen molar-refractivity contribution in [3.05, 3.63) is 90.3 Å². The quantitative estimate of drug-likeness (QED) is 0.728. The molecule has 5 nitrogen and oxygen atoms in total. The number of likely N-dealkylation sites (tertiary alicyclic amines) is 1. The number of nitrogens with one attached hydrogen (secondary N) is 1. The van der Waals surface area contributed by atoms with Crippen LogP contribution in [0.5, 0.6) is 0 Å². The zero-order chi connectivity index (χ0) is 21.0. The summed E-state index contributed by atoms with van der Waals surface area (Å²) in [7, 11) is 1.64. The molecule has 5 heteroatoms. The molecule has 0 saturated carbocycles. The van der Waals surface area contributed by atoms with E-state index in [-0.39, 0.29) is 11.8 Å². The van der Waals surface area contributed by atoms with Crippen molar-refractivity contribution in [2.24, 2.45) is 0 Å². The Kier molecular flexibility index (Phi) is 5.61. The molecule has 1 saturated heterocycles. The normalized spacial score (nSPS) is 18.6. The Morgan fingerprint density at radius 3 is 2.43 bits per heavy atom. The van der Waals surface area contributed by atoms with E-state index in [0.717, 1.165) is 17.5 Å². The molecule has 2 heterocycles. The standard InChI is InChI=1S/C25H25N3O2/c1-26-24(30)25(22-14-7-8-16-27-22)15-9-17-28(18-25)23(29)21-13-6-5-12-20(21)19-10-3-2-4-11-19/h2-8,10-14,16H,9,15,17-18H2,1H3,(H,26,30)/t25-/m0/s1. The topological polar surface area (TPSA) is 62.3 Å². The molecule has 1 aromatic heterocycles. The summed E-state index contributed by atoms with van der Waals surface area (Å²) in [6, 6.07) is 23.2. The first kappa shape index (κ1) is 19.8. The minimum absolute atomic E-state index is 0.0571. The molecule has 0 spiro atoms. The first-order valence-corrected chi connectivity index (χ1v) is 10.2. The molecule has 1 N–H and O–H groups in total. The van der Waals surface area contributed by atoms with Crippen LogP contribution in [0.1, 0.15) is 28.9 Å². The van der Waals surface area contributed by atoms with Gasteiger partial charge in [0, 0.05) is 31.9 Å². The van der Waals surface area contributed by atoms with Gasteiger partial charge in [-0.1, -0.05) is 54.6 Å². The highest BCUT2D eigenvalue weighted by Gasteiger charge is 2.45. The number of nitrogens with zero attached hydrogens (tertiary/aromatic N) is 2. The van der Waals surface area contributed by atoms with Crippen LogP contribution < -0.4 is 5.32 Å². The van der Waals surface area contributed by atoms with Crippen molar-refractivity contribution >= 4 is 11.8 Å². The van der Waals surface area contributed by atoms with Crippen molar-refractivity contribution in [2.75, 3.05) is 20.1 Å². The van der Waals surface area contributed by atoms with E-state index in [1.807, 2.05) is 72.8 Å². The molecule has 152 valence electrons. The van der Waals surface area contributed by atoms with Crippen LogP contribution in [0.25, 0.3) is 11.1 Å². The molecule has 30 heavy (non-hydrogen) atoms. The fourth-order valence-electron chi connectivity index (χ4n) is 4.33. The predicted molar refractivity (Wildman–Crippen MR) is 117 cm³/mol. The van der Waals surface area contributed by atoms with Gasteiger partial charge in [-0.2, -0.15) is 0 Å². The molecule has 1 fully saturated rings. The highest BCUT2D eigenvalue weighted by molar-refractivity contribution is 6.01. The van der Waals surface area contributed by atoms with Crippen molar-refractivity contribution in [3.8, 4) is 11.1 Å². The summed E-state index contributed by atoms with van der Waals surface area (Å²) in [6.07, 6.45) is 3.10. The van der Waals surface area contributed by atoms with Crippen molar-refractivity contribution in [2.45, 2.75) is 18.3 Å². The van der Waals surface area contributed by atoms with Gasteiger partial charge < -0.3 is 10.2 Å². The van der Waals surface area contributed by atoms with E-state index < -0.39 is 5.41 Å². The number of benzene rings is 2. The lowest BCUT2D eigenvalue weighted by molar-refractivity contribution is -0.128. The Labute approximate surface area is 176 Å². The third-order valence-electron chi connectivity index (χ3n) is 5.84. The maximum atomic E-state index is 13.6. The van der Waals surface area contributed by atoms with E-state index in [9.17, 15) is 9.59 Å². The minimum atomic E-state index is -0.842. The first-order chi connectivity index (χ1) is 14.7. The lowest BCUT2D eigenvalue weighted by Crippen LogP contribution is -2.56. The van der Waals surface area contributed by atoms with E-state index in [1.54, 1.807) is 18.1 Å². The van der Waals surface area contributed by atoms with Gasteiger partial charge in [-0.05, 0) is 42.2 Å². The third-order valence-corrected chi connectivity index (χ3v) is 5.84. The maximum Gasteiger partial charge on any atom is 0.254 e. The van der Waals surface area contributed by atoms with Crippen LogP contribution in [0.15, 0.2) is 79.0 Å². The number of amides is 2. The van der Waals surface area contributed by atoms with Crippen molar-refractivity contribution in [3.63, 3.8) is 0 Å². The van der Waals surface area contributed by atoms with Crippen LogP contribution in [0.4, 0.5) is 0 Å². The fraction of sp³-hybridized carbons (Fsp3) is 0.240. The third kappa shape index (κ3) is 3.59. The molecule has 0 bridgehead atoms. The number of carbonyl (C=O) groups excluding carboxylic acids is 2. The van der Waals surface area contributed by atoms with Gasteiger partial charge in [0.05, 0.1) is 5.69 Å². The average Bonchev–Trinajstić information content (AvgIpc) is 2.84. The smallest absolute Gasteiger partial charge is 0.254 e. The summed E-state index contributed by atoms with van der Waals surface area (Å²) in [6.45, 7) is 0.930. The Hall–Kier alpha value is -3.47. The number of likely N-dealkylation sites (N-methyl/N-ethyl adjacent to an activating group) is 1. The zero-order valence-electron chi connectivity index (χ0n) is 17.0. The van der Waals surface area contributed by atoms with Crippen molar-refractivity contribution in [1.82, 2.24) is 15.2 Å².